The van der Waals surface area contributed by atoms with Gasteiger partial charge in [-0.2, -0.15) is 13.8 Å². The first kappa shape index (κ1) is 21.8. The Bertz CT molecular complexity index is 201. The van der Waals surface area contributed by atoms with Gasteiger partial charge in [0, 0.05) is 18.6 Å². The molecule has 0 saturated heterocycles. The molecule has 0 heterocycles. The van der Waals surface area contributed by atoms with Gasteiger partial charge in [-0.25, -0.2) is 0 Å². The molecule has 0 rings (SSSR count). The largest absolute Gasteiger partial charge is 0.335 e. The molecule has 2 heteroatoms. The van der Waals surface area contributed by atoms with E-state index in [1.165, 1.54) is 4.23 Å². The third-order valence-electron chi connectivity index (χ3n) is 1.38. The summed E-state index contributed by atoms with van der Waals surface area (Å²) in [7, 11) is 0. The molecule has 0 spiro atoms. The van der Waals surface area contributed by atoms with E-state index in [2.05, 4.69) is 56.8 Å². The number of allylic oxidation sites excluding steroid dienone is 4. The van der Waals surface area contributed by atoms with Crippen LogP contribution in [0.15, 0.2) is 18.2 Å². The van der Waals surface area contributed by atoms with E-state index in [-0.39, 0.29) is 18.6 Å². The van der Waals surface area contributed by atoms with Crippen molar-refractivity contribution in [3.05, 3.63) is 30.7 Å². The molecule has 0 atom stereocenters. The average Bonchev–Trinajstić information content (AvgIpc) is 2.12. The van der Waals surface area contributed by atoms with Crippen LogP contribution in [-0.2, 0) is 35.5 Å². The van der Waals surface area contributed by atoms with Crippen LogP contribution in [0.4, 0.5) is 0 Å². The summed E-state index contributed by atoms with van der Waals surface area (Å²) in [6.45, 7) is 12.6. The van der Waals surface area contributed by atoms with Crippen LogP contribution in [0.3, 0.4) is 0 Å². The molecule has 0 aromatic rings. The average molecular weight is 294 g/mol. The molecule has 0 aromatic carbocycles. The molecule has 0 bridgehead atoms. The van der Waals surface area contributed by atoms with Crippen LogP contribution >= 0.6 is 0 Å². The quantitative estimate of drug-likeness (QED) is 0.539. The predicted molar refractivity (Wildman–Crippen MR) is 67.3 cm³/mol. The normalized spacial score (nSPS) is 10.6. The van der Waals surface area contributed by atoms with Crippen molar-refractivity contribution < 1.29 is 35.5 Å². The maximum Gasteiger partial charge on any atom is 0 e. The summed E-state index contributed by atoms with van der Waals surface area (Å²) in [5.41, 5.74) is 0. The van der Waals surface area contributed by atoms with Gasteiger partial charge in [0.05, 0.1) is 0 Å². The molecule has 0 saturated carbocycles. The van der Waals surface area contributed by atoms with Gasteiger partial charge in [0.1, 0.15) is 0 Å². The van der Waals surface area contributed by atoms with E-state index >= 15 is 0 Å². The Hall–Kier alpha value is 0.519. The monoisotopic (exact) mass is 294 g/mol. The number of hydrogen-bond acceptors (Lipinski definition) is 0. The van der Waals surface area contributed by atoms with Crippen molar-refractivity contribution >= 4 is 4.23 Å². The fraction of sp³-hybridized carbons (Fsp3) is 0.571. The number of rotatable bonds is 4. The second-order valence-corrected chi connectivity index (χ2v) is 4.81. The molecule has 0 nitrogen and oxygen atoms in total. The van der Waals surface area contributed by atoms with Gasteiger partial charge in [0.25, 0.3) is 0 Å². The molecule has 0 N–H and O–H groups in total. The zero-order valence-electron chi connectivity index (χ0n) is 11.4. The van der Waals surface area contributed by atoms with Gasteiger partial charge in [-0.1, -0.05) is 0 Å². The molecule has 0 amide bonds. The van der Waals surface area contributed by atoms with Crippen molar-refractivity contribution in [1.82, 2.24) is 0 Å². The van der Waals surface area contributed by atoms with Crippen LogP contribution in [0, 0.1) is 24.3 Å². The van der Waals surface area contributed by atoms with Gasteiger partial charge in [0.15, 0.2) is 0 Å². The minimum absolute atomic E-state index is 0. The molecule has 0 aliphatic rings. The Morgan fingerprint density at radius 1 is 1.19 bits per heavy atom. The Morgan fingerprint density at radius 3 is 1.94 bits per heavy atom. The first-order chi connectivity index (χ1) is 6.95. The van der Waals surface area contributed by atoms with Gasteiger partial charge < -0.3 is 6.42 Å². The van der Waals surface area contributed by atoms with E-state index in [9.17, 15) is 0 Å². The minimum Gasteiger partial charge on any atom is -0.335 e. The summed E-state index contributed by atoms with van der Waals surface area (Å²) in [4.78, 5) is 0. The van der Waals surface area contributed by atoms with E-state index in [4.69, 9.17) is 0 Å². The van der Waals surface area contributed by atoms with E-state index < -0.39 is 0 Å². The molecule has 16 heavy (non-hydrogen) atoms. The maximum atomic E-state index is 3.21. The van der Waals surface area contributed by atoms with Gasteiger partial charge in [0.2, 0.25) is 0 Å². The standard InChI is InChI=1S/C11H17.C3H7.2V/c1-10(2)8-6-5-7-9-11(3)4;1-3-2;;/h5-7,10-11H,1-4H3;3H,1-2H3;;/q2*-1;;+2/b6-5-;;;. The smallest absolute Gasteiger partial charge is 0 e. The van der Waals surface area contributed by atoms with Crippen LogP contribution < -0.4 is 0 Å². The Kier molecular flexibility index (Phi) is 21.1. The zero-order chi connectivity index (χ0) is 12.3. The molecule has 0 aliphatic heterocycles. The summed E-state index contributed by atoms with van der Waals surface area (Å²) in [5, 5.41) is 0. The molecule has 0 aliphatic carbocycles. The third kappa shape index (κ3) is 20.0. The molecule has 0 fully saturated rings. The fourth-order valence-electron chi connectivity index (χ4n) is 0.587. The van der Waals surface area contributed by atoms with Crippen LogP contribution in [0.5, 0.6) is 0 Å². The fourth-order valence-corrected chi connectivity index (χ4v) is 0.722. The number of hydrogen-bond donors (Lipinski definition) is 0. The second-order valence-electron chi connectivity index (χ2n) is 4.00. The second kappa shape index (κ2) is 15.5. The predicted octanol–water partition coefficient (Wildman–Crippen LogP) is 4.16. The van der Waals surface area contributed by atoms with Crippen molar-refractivity contribution in [2.75, 3.05) is 0 Å². The molecule has 1 radical (unpaired) electrons. The first-order valence-electron chi connectivity index (χ1n) is 5.51. The summed E-state index contributed by atoms with van der Waals surface area (Å²) >= 11 is 2.60. The van der Waals surface area contributed by atoms with Crippen LogP contribution in [0.25, 0.3) is 0 Å². The van der Waals surface area contributed by atoms with Crippen molar-refractivity contribution in [1.29, 1.82) is 0 Å². The van der Waals surface area contributed by atoms with Gasteiger partial charge in [-0.3, -0.25) is 0 Å². The van der Waals surface area contributed by atoms with Gasteiger partial charge in [-0.05, 0) is 0 Å². The third-order valence-corrected chi connectivity index (χ3v) is 2.42. The van der Waals surface area contributed by atoms with Crippen molar-refractivity contribution in [3.8, 4) is 0 Å². The molecule has 0 aromatic heterocycles. The summed E-state index contributed by atoms with van der Waals surface area (Å²) in [6.07, 6.45) is 11.4. The van der Waals surface area contributed by atoms with Crippen molar-refractivity contribution in [3.63, 3.8) is 0 Å². The van der Waals surface area contributed by atoms with E-state index in [0.717, 1.165) is 0 Å². The Morgan fingerprint density at radius 2 is 1.62 bits per heavy atom. The Balaban J connectivity index is -0.000000377. The molecular weight excluding hydrogens is 270 g/mol. The van der Waals surface area contributed by atoms with Crippen LogP contribution in [0.1, 0.15) is 41.5 Å². The summed E-state index contributed by atoms with van der Waals surface area (Å²) in [6, 6.07) is 0. The van der Waals surface area contributed by atoms with Crippen LogP contribution in [-0.4, -0.2) is 4.23 Å². The molecule has 90 valence electrons. The molecular formula is C14H24V2. The van der Waals surface area contributed by atoms with Gasteiger partial charge >= 0.3 is 85.0 Å². The van der Waals surface area contributed by atoms with Crippen molar-refractivity contribution in [2.45, 2.75) is 41.5 Å². The van der Waals surface area contributed by atoms with Gasteiger partial charge in [-0.15, -0.1) is 0 Å². The SMILES string of the molecule is CC(C)[C-]=C/C=C\[C](=[V+2])C(C)C.C[CH-]C.[V]. The first-order valence-corrected chi connectivity index (χ1v) is 6.21. The summed E-state index contributed by atoms with van der Waals surface area (Å²) in [5.74, 6) is 1.14. The molecule has 0 unspecified atom stereocenters. The summed E-state index contributed by atoms with van der Waals surface area (Å²) < 4.78 is 1.35. The van der Waals surface area contributed by atoms with Crippen molar-refractivity contribution in [2.24, 2.45) is 11.8 Å². The topological polar surface area (TPSA) is 0 Å². The minimum atomic E-state index is 0. The maximum absolute atomic E-state index is 3.21. The van der Waals surface area contributed by atoms with Crippen LogP contribution in [0.2, 0.25) is 0 Å². The zero-order valence-corrected chi connectivity index (χ0v) is 14.2. The van der Waals surface area contributed by atoms with E-state index in [0.29, 0.717) is 11.8 Å². The van der Waals surface area contributed by atoms with E-state index in [1.54, 1.807) is 0 Å². The Labute approximate surface area is 123 Å². The van der Waals surface area contributed by atoms with E-state index in [1.807, 2.05) is 32.4 Å².